The summed E-state index contributed by atoms with van der Waals surface area (Å²) in [5.41, 5.74) is 0.574. The second-order valence-corrected chi connectivity index (χ2v) is 7.15. The molecule has 3 heterocycles. The molecule has 2 aromatic heterocycles. The number of piperidine rings is 1. The average Bonchev–Trinajstić information content (AvgIpc) is 2.74. The van der Waals surface area contributed by atoms with Crippen LogP contribution in [-0.4, -0.2) is 44.9 Å². The third kappa shape index (κ3) is 3.66. The second kappa shape index (κ2) is 7.90. The van der Waals surface area contributed by atoms with Crippen molar-refractivity contribution in [2.45, 2.75) is 19.4 Å². The molecule has 1 aliphatic heterocycles. The van der Waals surface area contributed by atoms with Crippen molar-refractivity contribution in [3.05, 3.63) is 75.2 Å². The van der Waals surface area contributed by atoms with Crippen molar-refractivity contribution in [2.75, 3.05) is 19.6 Å². The van der Waals surface area contributed by atoms with Crippen LogP contribution in [0.1, 0.15) is 23.2 Å². The van der Waals surface area contributed by atoms with Crippen molar-refractivity contribution >= 4 is 16.7 Å². The Labute approximate surface area is 161 Å². The summed E-state index contributed by atoms with van der Waals surface area (Å²) in [7, 11) is 0. The molecule has 144 valence electrons. The summed E-state index contributed by atoms with van der Waals surface area (Å²) >= 11 is 0. The highest BCUT2D eigenvalue weighted by Gasteiger charge is 2.25. The summed E-state index contributed by atoms with van der Waals surface area (Å²) < 4.78 is 1.26. The number of carbonyl (C=O) groups is 1. The number of pyridine rings is 1. The van der Waals surface area contributed by atoms with Gasteiger partial charge in [-0.1, -0.05) is 12.1 Å². The Morgan fingerprint density at radius 2 is 1.86 bits per heavy atom. The van der Waals surface area contributed by atoms with Crippen LogP contribution in [0.5, 0.6) is 0 Å². The first-order chi connectivity index (χ1) is 13.6. The lowest BCUT2D eigenvalue weighted by Gasteiger charge is -2.31. The molecule has 3 aromatic rings. The zero-order valence-corrected chi connectivity index (χ0v) is 15.5. The largest absolute Gasteiger partial charge is 0.328 e. The van der Waals surface area contributed by atoms with E-state index in [2.05, 4.69) is 14.9 Å². The van der Waals surface area contributed by atoms with Gasteiger partial charge in [-0.05, 0) is 50.2 Å². The van der Waals surface area contributed by atoms with Crippen molar-refractivity contribution in [3.8, 4) is 0 Å². The van der Waals surface area contributed by atoms with Gasteiger partial charge in [-0.3, -0.25) is 19.1 Å². The first-order valence-corrected chi connectivity index (χ1v) is 9.52. The van der Waals surface area contributed by atoms with Crippen LogP contribution < -0.4 is 11.2 Å². The first kappa shape index (κ1) is 18.3. The number of H-pyrrole nitrogens is 1. The van der Waals surface area contributed by atoms with E-state index in [9.17, 15) is 14.4 Å². The molecule has 4 rings (SSSR count). The molecule has 1 aromatic carbocycles. The lowest BCUT2D eigenvalue weighted by Crippen LogP contribution is -2.42. The predicted octanol–water partition coefficient (Wildman–Crippen LogP) is 1.68. The van der Waals surface area contributed by atoms with Crippen LogP contribution in [0.4, 0.5) is 0 Å². The number of carbonyl (C=O) groups excluding carboxylic acids is 1. The van der Waals surface area contributed by atoms with Gasteiger partial charge in [0.25, 0.3) is 5.56 Å². The number of rotatable bonds is 5. The monoisotopic (exact) mass is 378 g/mol. The maximum atomic E-state index is 12.6. The molecule has 0 spiro atoms. The lowest BCUT2D eigenvalue weighted by molar-refractivity contribution is 0.0836. The summed E-state index contributed by atoms with van der Waals surface area (Å²) in [5.74, 6) is 0.155. The van der Waals surface area contributed by atoms with Gasteiger partial charge in [0.1, 0.15) is 0 Å². The number of aromatic nitrogens is 3. The van der Waals surface area contributed by atoms with Gasteiger partial charge >= 0.3 is 5.69 Å². The van der Waals surface area contributed by atoms with Gasteiger partial charge in [0.05, 0.1) is 10.9 Å². The van der Waals surface area contributed by atoms with Crippen LogP contribution in [0.15, 0.2) is 58.4 Å². The van der Waals surface area contributed by atoms with Gasteiger partial charge in [-0.15, -0.1) is 0 Å². The summed E-state index contributed by atoms with van der Waals surface area (Å²) in [4.78, 5) is 46.4. The number of benzene rings is 1. The number of nitrogens with zero attached hydrogens (tertiary/aromatic N) is 3. The van der Waals surface area contributed by atoms with Crippen LogP contribution in [0.25, 0.3) is 10.9 Å². The highest BCUT2D eigenvalue weighted by atomic mass is 16.2. The van der Waals surface area contributed by atoms with Gasteiger partial charge in [0, 0.05) is 37.0 Å². The van der Waals surface area contributed by atoms with E-state index < -0.39 is 0 Å². The second-order valence-electron chi connectivity index (χ2n) is 7.15. The Morgan fingerprint density at radius 1 is 1.07 bits per heavy atom. The number of para-hydroxylation sites is 1. The van der Waals surface area contributed by atoms with Gasteiger partial charge < -0.3 is 9.88 Å². The zero-order valence-electron chi connectivity index (χ0n) is 15.5. The lowest BCUT2D eigenvalue weighted by atomic mass is 9.89. The number of aromatic amines is 1. The third-order valence-electron chi connectivity index (χ3n) is 5.43. The molecule has 1 N–H and O–H groups in total. The molecule has 28 heavy (non-hydrogen) atoms. The highest BCUT2D eigenvalue weighted by Crippen LogP contribution is 2.21. The highest BCUT2D eigenvalue weighted by molar-refractivity contribution is 5.97. The summed E-state index contributed by atoms with van der Waals surface area (Å²) in [6.45, 7) is 2.49. The molecule has 0 saturated carbocycles. The topological polar surface area (TPSA) is 88.1 Å². The number of hydrogen-bond donors (Lipinski definition) is 1. The van der Waals surface area contributed by atoms with Crippen molar-refractivity contribution in [1.82, 2.24) is 19.4 Å². The molecule has 1 aliphatic rings. The zero-order chi connectivity index (χ0) is 19.5. The van der Waals surface area contributed by atoms with E-state index in [1.54, 1.807) is 48.8 Å². The minimum Gasteiger partial charge on any atom is -0.307 e. The molecule has 1 fully saturated rings. The number of hydrogen-bond acceptors (Lipinski definition) is 5. The minimum absolute atomic E-state index is 0.00671. The maximum Gasteiger partial charge on any atom is 0.328 e. The van der Waals surface area contributed by atoms with E-state index in [1.807, 2.05) is 0 Å². The van der Waals surface area contributed by atoms with E-state index in [4.69, 9.17) is 0 Å². The molecular weight excluding hydrogens is 356 g/mol. The molecular formula is C21H22N4O3. The molecule has 0 aliphatic carbocycles. The van der Waals surface area contributed by atoms with Gasteiger partial charge in [-0.2, -0.15) is 0 Å². The fourth-order valence-corrected chi connectivity index (χ4v) is 3.81. The maximum absolute atomic E-state index is 12.6. The summed E-state index contributed by atoms with van der Waals surface area (Å²) in [5, 5.41) is 0.517. The van der Waals surface area contributed by atoms with Crippen LogP contribution >= 0.6 is 0 Å². The van der Waals surface area contributed by atoms with E-state index in [0.717, 1.165) is 25.9 Å². The molecule has 0 unspecified atom stereocenters. The van der Waals surface area contributed by atoms with Crippen molar-refractivity contribution in [1.29, 1.82) is 0 Å². The standard InChI is InChI=1S/C21H22N4O3/c26-19(16-4-3-9-22-14-16)15-7-10-24(11-8-15)12-13-25-20(27)17-5-1-2-6-18(17)23-21(25)28/h1-6,9,14-15H,7-8,10-13H2,(H,23,28). The van der Waals surface area contributed by atoms with Crippen molar-refractivity contribution in [3.63, 3.8) is 0 Å². The van der Waals surface area contributed by atoms with Crippen molar-refractivity contribution in [2.24, 2.45) is 5.92 Å². The van der Waals surface area contributed by atoms with Crippen LogP contribution in [-0.2, 0) is 6.54 Å². The van der Waals surface area contributed by atoms with E-state index in [1.165, 1.54) is 4.57 Å². The molecule has 7 nitrogen and oxygen atoms in total. The molecule has 0 atom stereocenters. The molecule has 1 saturated heterocycles. The quantitative estimate of drug-likeness (QED) is 0.683. The fraction of sp³-hybridized carbons (Fsp3) is 0.333. The van der Waals surface area contributed by atoms with E-state index in [0.29, 0.717) is 29.6 Å². The van der Waals surface area contributed by atoms with E-state index >= 15 is 0 Å². The van der Waals surface area contributed by atoms with Gasteiger partial charge in [-0.25, -0.2) is 4.79 Å². The molecule has 7 heteroatoms. The Hall–Kier alpha value is -3.06. The number of ketones is 1. The number of fused-ring (bicyclic) bond motifs is 1. The Balaban J connectivity index is 1.39. The smallest absolute Gasteiger partial charge is 0.307 e. The summed E-state index contributed by atoms with van der Waals surface area (Å²) in [6, 6.07) is 10.6. The number of nitrogens with one attached hydrogen (secondary N) is 1. The first-order valence-electron chi connectivity index (χ1n) is 9.52. The molecule has 0 bridgehead atoms. The van der Waals surface area contributed by atoms with Crippen molar-refractivity contribution < 1.29 is 4.79 Å². The van der Waals surface area contributed by atoms with Gasteiger partial charge in [0.15, 0.2) is 5.78 Å². The molecule has 0 radical (unpaired) electrons. The average molecular weight is 378 g/mol. The normalized spacial score (nSPS) is 15.7. The van der Waals surface area contributed by atoms with Crippen LogP contribution in [0.3, 0.4) is 0 Å². The SMILES string of the molecule is O=C(c1cccnc1)C1CCN(CCn2c(=O)[nH]c3ccccc3c2=O)CC1. The Bertz CT molecular complexity index is 1100. The number of Topliss-reactive ketones (excluding diaryl/α,β-unsaturated/α-hetero) is 1. The van der Waals surface area contributed by atoms with Crippen LogP contribution in [0, 0.1) is 5.92 Å². The van der Waals surface area contributed by atoms with Crippen LogP contribution in [0.2, 0.25) is 0 Å². The summed E-state index contributed by atoms with van der Waals surface area (Å²) in [6.07, 6.45) is 4.83. The Morgan fingerprint density at radius 3 is 2.61 bits per heavy atom. The predicted molar refractivity (Wildman–Crippen MR) is 107 cm³/mol. The van der Waals surface area contributed by atoms with Gasteiger partial charge in [0.2, 0.25) is 0 Å². The minimum atomic E-state index is -0.384. The fourth-order valence-electron chi connectivity index (χ4n) is 3.81. The molecule has 0 amide bonds. The number of likely N-dealkylation sites (tertiary alicyclic amines) is 1. The Kier molecular flexibility index (Phi) is 5.16. The third-order valence-corrected chi connectivity index (χ3v) is 5.43. The van der Waals surface area contributed by atoms with E-state index in [-0.39, 0.29) is 23.0 Å².